The van der Waals surface area contributed by atoms with Gasteiger partial charge in [-0.05, 0) is 38.2 Å². The van der Waals surface area contributed by atoms with E-state index in [4.69, 9.17) is 9.47 Å². The molecule has 154 valence electrons. The van der Waals surface area contributed by atoms with Crippen LogP contribution in [0.25, 0.3) is 0 Å². The molecule has 0 radical (unpaired) electrons. The standard InChI is InChI=1S/C20H30N4O4/c1-16-13-24(9-12-28-16)20(26)15-22(2)14-19(25)21-17-3-5-18(6-4-17)23-7-10-27-11-8-23/h3-6,16H,7-15H2,1-2H3,(H,21,25). The summed E-state index contributed by atoms with van der Waals surface area (Å²) in [5.41, 5.74) is 1.88. The van der Waals surface area contributed by atoms with E-state index in [1.807, 2.05) is 31.2 Å². The SMILES string of the molecule is CC1CN(C(=O)CN(C)CC(=O)Nc2ccc(N3CCOCC3)cc2)CCO1. The highest BCUT2D eigenvalue weighted by Gasteiger charge is 2.22. The molecule has 8 heteroatoms. The Kier molecular flexibility index (Phi) is 7.24. The van der Waals surface area contributed by atoms with Crippen molar-refractivity contribution in [3.8, 4) is 0 Å². The smallest absolute Gasteiger partial charge is 0.238 e. The van der Waals surface area contributed by atoms with E-state index in [2.05, 4.69) is 10.2 Å². The Morgan fingerprint density at radius 1 is 1.11 bits per heavy atom. The fourth-order valence-corrected chi connectivity index (χ4v) is 3.45. The van der Waals surface area contributed by atoms with Gasteiger partial charge in [0.25, 0.3) is 0 Å². The summed E-state index contributed by atoms with van der Waals surface area (Å²) in [5.74, 6) is -0.106. The molecule has 2 heterocycles. The molecule has 0 spiro atoms. The topological polar surface area (TPSA) is 74.4 Å². The number of carbonyl (C=O) groups is 2. The van der Waals surface area contributed by atoms with E-state index in [-0.39, 0.29) is 31.0 Å². The van der Waals surface area contributed by atoms with E-state index in [9.17, 15) is 9.59 Å². The van der Waals surface area contributed by atoms with Crippen molar-refractivity contribution in [1.82, 2.24) is 9.80 Å². The zero-order valence-corrected chi connectivity index (χ0v) is 16.7. The van der Waals surface area contributed by atoms with Crippen LogP contribution in [0.15, 0.2) is 24.3 Å². The fourth-order valence-electron chi connectivity index (χ4n) is 3.45. The second kappa shape index (κ2) is 9.86. The molecule has 1 aromatic rings. The maximum Gasteiger partial charge on any atom is 0.238 e. The molecule has 1 aromatic carbocycles. The highest BCUT2D eigenvalue weighted by molar-refractivity contribution is 5.92. The summed E-state index contributed by atoms with van der Waals surface area (Å²) < 4.78 is 10.8. The lowest BCUT2D eigenvalue weighted by Gasteiger charge is -2.32. The number of hydrogen-bond acceptors (Lipinski definition) is 6. The summed E-state index contributed by atoms with van der Waals surface area (Å²) in [6, 6.07) is 7.83. The monoisotopic (exact) mass is 390 g/mol. The molecular weight excluding hydrogens is 360 g/mol. The van der Waals surface area contributed by atoms with Crippen LogP contribution >= 0.6 is 0 Å². The molecular formula is C20H30N4O4. The van der Waals surface area contributed by atoms with Crippen molar-refractivity contribution in [1.29, 1.82) is 0 Å². The first-order chi connectivity index (χ1) is 13.5. The summed E-state index contributed by atoms with van der Waals surface area (Å²) in [6.07, 6.45) is 0.0618. The van der Waals surface area contributed by atoms with Crippen molar-refractivity contribution >= 4 is 23.2 Å². The molecule has 1 atom stereocenters. The molecule has 2 aliphatic heterocycles. The van der Waals surface area contributed by atoms with Crippen molar-refractivity contribution in [2.45, 2.75) is 13.0 Å². The minimum atomic E-state index is -0.134. The predicted molar refractivity (Wildman–Crippen MR) is 108 cm³/mol. The number of nitrogens with zero attached hydrogens (tertiary/aromatic N) is 3. The lowest BCUT2D eigenvalue weighted by Crippen LogP contribution is -2.48. The van der Waals surface area contributed by atoms with Gasteiger partial charge < -0.3 is 24.6 Å². The molecule has 2 aliphatic rings. The van der Waals surface area contributed by atoms with Crippen molar-refractivity contribution in [2.75, 3.05) is 76.4 Å². The number of likely N-dealkylation sites (N-methyl/N-ethyl adjacent to an activating group) is 1. The molecule has 0 aromatic heterocycles. The number of carbonyl (C=O) groups excluding carboxylic acids is 2. The second-order valence-electron chi connectivity index (χ2n) is 7.39. The molecule has 1 unspecified atom stereocenters. The van der Waals surface area contributed by atoms with Gasteiger partial charge >= 0.3 is 0 Å². The largest absolute Gasteiger partial charge is 0.378 e. The van der Waals surface area contributed by atoms with Crippen LogP contribution in [0.3, 0.4) is 0 Å². The Bertz CT molecular complexity index is 661. The Hall–Kier alpha value is -2.16. The van der Waals surface area contributed by atoms with Gasteiger partial charge in [-0.1, -0.05) is 0 Å². The van der Waals surface area contributed by atoms with Crippen LogP contribution in [0.4, 0.5) is 11.4 Å². The fraction of sp³-hybridized carbons (Fsp3) is 0.600. The number of rotatable bonds is 6. The summed E-state index contributed by atoms with van der Waals surface area (Å²) in [6.45, 7) is 7.37. The molecule has 2 fully saturated rings. The number of nitrogens with one attached hydrogen (secondary N) is 1. The van der Waals surface area contributed by atoms with Crippen molar-refractivity contribution in [2.24, 2.45) is 0 Å². The Morgan fingerprint density at radius 2 is 1.82 bits per heavy atom. The Morgan fingerprint density at radius 3 is 2.50 bits per heavy atom. The third kappa shape index (κ3) is 5.92. The summed E-state index contributed by atoms with van der Waals surface area (Å²) in [5, 5.41) is 2.89. The van der Waals surface area contributed by atoms with Crippen LogP contribution in [-0.2, 0) is 19.1 Å². The van der Waals surface area contributed by atoms with Gasteiger partial charge in [0.15, 0.2) is 0 Å². The van der Waals surface area contributed by atoms with E-state index in [0.29, 0.717) is 19.7 Å². The average molecular weight is 390 g/mol. The maximum atomic E-state index is 12.4. The maximum absolute atomic E-state index is 12.4. The normalized spacial score (nSPS) is 20.3. The van der Waals surface area contributed by atoms with Gasteiger partial charge in [-0.15, -0.1) is 0 Å². The summed E-state index contributed by atoms with van der Waals surface area (Å²) in [7, 11) is 1.78. The molecule has 0 saturated carbocycles. The second-order valence-corrected chi connectivity index (χ2v) is 7.39. The molecule has 2 saturated heterocycles. The van der Waals surface area contributed by atoms with E-state index in [0.717, 1.165) is 37.7 Å². The van der Waals surface area contributed by atoms with Gasteiger partial charge in [-0.3, -0.25) is 14.5 Å². The van der Waals surface area contributed by atoms with Gasteiger partial charge in [0, 0.05) is 37.6 Å². The van der Waals surface area contributed by atoms with Crippen molar-refractivity contribution < 1.29 is 19.1 Å². The van der Waals surface area contributed by atoms with Crippen LogP contribution in [0.5, 0.6) is 0 Å². The van der Waals surface area contributed by atoms with Gasteiger partial charge in [-0.2, -0.15) is 0 Å². The zero-order chi connectivity index (χ0) is 19.9. The van der Waals surface area contributed by atoms with Crippen LogP contribution < -0.4 is 10.2 Å². The minimum Gasteiger partial charge on any atom is -0.378 e. The third-order valence-corrected chi connectivity index (χ3v) is 4.94. The number of ether oxygens (including phenoxy) is 2. The average Bonchev–Trinajstić information content (AvgIpc) is 2.69. The first-order valence-corrected chi connectivity index (χ1v) is 9.82. The molecule has 0 aliphatic carbocycles. The molecule has 8 nitrogen and oxygen atoms in total. The van der Waals surface area contributed by atoms with Crippen LogP contribution in [0.1, 0.15) is 6.92 Å². The first-order valence-electron chi connectivity index (χ1n) is 9.82. The number of benzene rings is 1. The van der Waals surface area contributed by atoms with Gasteiger partial charge in [0.05, 0.1) is 39.0 Å². The molecule has 3 rings (SSSR count). The molecule has 2 amide bonds. The Balaban J connectivity index is 1.43. The lowest BCUT2D eigenvalue weighted by molar-refractivity contribution is -0.139. The van der Waals surface area contributed by atoms with Crippen molar-refractivity contribution in [3.63, 3.8) is 0 Å². The highest BCUT2D eigenvalue weighted by Crippen LogP contribution is 2.19. The van der Waals surface area contributed by atoms with Gasteiger partial charge in [0.2, 0.25) is 11.8 Å². The minimum absolute atomic E-state index is 0.0281. The first kappa shape index (κ1) is 20.6. The molecule has 0 bridgehead atoms. The Labute approximate surface area is 166 Å². The number of anilines is 2. The quantitative estimate of drug-likeness (QED) is 0.769. The molecule has 1 N–H and O–H groups in total. The van der Waals surface area contributed by atoms with Crippen molar-refractivity contribution in [3.05, 3.63) is 24.3 Å². The van der Waals surface area contributed by atoms with Crippen LogP contribution in [0.2, 0.25) is 0 Å². The van der Waals surface area contributed by atoms with Gasteiger partial charge in [0.1, 0.15) is 0 Å². The number of amides is 2. The van der Waals surface area contributed by atoms with Gasteiger partial charge in [-0.25, -0.2) is 0 Å². The van der Waals surface area contributed by atoms with Crippen LogP contribution in [0, 0.1) is 0 Å². The van der Waals surface area contributed by atoms with E-state index in [1.54, 1.807) is 16.8 Å². The van der Waals surface area contributed by atoms with E-state index < -0.39 is 0 Å². The lowest BCUT2D eigenvalue weighted by atomic mass is 10.2. The number of hydrogen-bond donors (Lipinski definition) is 1. The predicted octanol–water partition coefficient (Wildman–Crippen LogP) is 0.641. The zero-order valence-electron chi connectivity index (χ0n) is 16.7. The van der Waals surface area contributed by atoms with E-state index >= 15 is 0 Å². The summed E-state index contributed by atoms with van der Waals surface area (Å²) >= 11 is 0. The summed E-state index contributed by atoms with van der Waals surface area (Å²) in [4.78, 5) is 30.5. The number of morpholine rings is 2. The van der Waals surface area contributed by atoms with Crippen LogP contribution in [-0.4, -0.2) is 93.9 Å². The third-order valence-electron chi connectivity index (χ3n) is 4.94. The van der Waals surface area contributed by atoms with E-state index in [1.165, 1.54) is 0 Å². The molecule has 28 heavy (non-hydrogen) atoms. The highest BCUT2D eigenvalue weighted by atomic mass is 16.5.